The first-order valence-electron chi connectivity index (χ1n) is 11.2. The third-order valence-electron chi connectivity index (χ3n) is 6.61. The Morgan fingerprint density at radius 2 is 1.64 bits per heavy atom. The number of hydrogen-bond donors (Lipinski definition) is 0. The molecule has 2 aliphatic heterocycles. The molecule has 33 heavy (non-hydrogen) atoms. The molecule has 1 spiro atoms. The van der Waals surface area contributed by atoms with Gasteiger partial charge in [0, 0.05) is 12.2 Å². The van der Waals surface area contributed by atoms with E-state index in [9.17, 15) is 9.59 Å². The van der Waals surface area contributed by atoms with E-state index in [-0.39, 0.29) is 18.6 Å². The van der Waals surface area contributed by atoms with E-state index in [2.05, 4.69) is 0 Å². The third kappa shape index (κ3) is 3.52. The number of benzene rings is 3. The second kappa shape index (κ2) is 8.62. The first kappa shape index (κ1) is 21.1. The van der Waals surface area contributed by atoms with Crippen LogP contribution < -0.4 is 9.64 Å². The van der Waals surface area contributed by atoms with Crippen molar-refractivity contribution in [2.45, 2.75) is 31.0 Å². The van der Waals surface area contributed by atoms with Crippen LogP contribution in [0, 0.1) is 0 Å². The number of likely N-dealkylation sites (tertiary alicyclic amines) is 1. The van der Waals surface area contributed by atoms with E-state index in [4.69, 9.17) is 9.47 Å². The van der Waals surface area contributed by atoms with Gasteiger partial charge in [-0.3, -0.25) is 14.6 Å². The molecule has 168 valence electrons. The van der Waals surface area contributed by atoms with Crippen molar-refractivity contribution in [3.05, 3.63) is 96.1 Å². The van der Waals surface area contributed by atoms with E-state index in [1.807, 2.05) is 84.9 Å². The quantitative estimate of drug-likeness (QED) is 0.525. The summed E-state index contributed by atoms with van der Waals surface area (Å²) in [5.74, 6) is 0.653. The Bertz CT molecular complexity index is 1130. The average Bonchev–Trinajstić information content (AvgIpc) is 3.34. The Labute approximate surface area is 193 Å². The van der Waals surface area contributed by atoms with Crippen LogP contribution in [0.25, 0.3) is 0 Å². The van der Waals surface area contributed by atoms with Crippen LogP contribution in [0.2, 0.25) is 0 Å². The van der Waals surface area contributed by atoms with E-state index in [0.29, 0.717) is 13.0 Å². The monoisotopic (exact) mass is 442 g/mol. The summed E-state index contributed by atoms with van der Waals surface area (Å²) in [7, 11) is 1.61. The molecule has 2 saturated heterocycles. The van der Waals surface area contributed by atoms with Gasteiger partial charge in [-0.25, -0.2) is 4.79 Å². The van der Waals surface area contributed by atoms with Gasteiger partial charge in [-0.1, -0.05) is 60.7 Å². The SMILES string of the molecule is COc1ccc(N2C(=O)[C@@]3(CCCN3C(=O)OCc3ccccc3)[C@@H]2c2ccccc2)cc1. The van der Waals surface area contributed by atoms with Gasteiger partial charge in [-0.05, 0) is 48.2 Å². The molecule has 0 aromatic heterocycles. The lowest BCUT2D eigenvalue weighted by Gasteiger charge is -2.57. The van der Waals surface area contributed by atoms with E-state index >= 15 is 0 Å². The number of hydrogen-bond acceptors (Lipinski definition) is 4. The topological polar surface area (TPSA) is 59.1 Å². The van der Waals surface area contributed by atoms with Crippen molar-refractivity contribution in [1.82, 2.24) is 4.90 Å². The molecule has 6 heteroatoms. The molecular formula is C27H26N2O4. The van der Waals surface area contributed by atoms with Gasteiger partial charge in [0.15, 0.2) is 5.54 Å². The van der Waals surface area contributed by atoms with Gasteiger partial charge in [-0.15, -0.1) is 0 Å². The molecule has 2 fully saturated rings. The predicted molar refractivity (Wildman–Crippen MR) is 125 cm³/mol. The minimum atomic E-state index is -0.935. The second-order valence-corrected chi connectivity index (χ2v) is 8.41. The summed E-state index contributed by atoms with van der Waals surface area (Å²) in [6.45, 7) is 0.678. The smallest absolute Gasteiger partial charge is 0.411 e. The van der Waals surface area contributed by atoms with Gasteiger partial charge in [0.25, 0.3) is 5.91 Å². The van der Waals surface area contributed by atoms with Crippen molar-refractivity contribution in [3.63, 3.8) is 0 Å². The summed E-state index contributed by atoms with van der Waals surface area (Å²) in [5.41, 5.74) is 1.76. The van der Waals surface area contributed by atoms with Crippen LogP contribution in [0.4, 0.5) is 10.5 Å². The lowest BCUT2D eigenvalue weighted by atomic mass is 9.72. The summed E-state index contributed by atoms with van der Waals surface area (Å²) in [6, 6.07) is 26.7. The Balaban J connectivity index is 1.46. The zero-order valence-corrected chi connectivity index (χ0v) is 18.5. The van der Waals surface area contributed by atoms with Crippen molar-refractivity contribution >= 4 is 17.7 Å². The summed E-state index contributed by atoms with van der Waals surface area (Å²) in [4.78, 5) is 30.4. The average molecular weight is 443 g/mol. The second-order valence-electron chi connectivity index (χ2n) is 8.41. The molecule has 0 saturated carbocycles. The Kier molecular flexibility index (Phi) is 5.50. The van der Waals surface area contributed by atoms with Crippen LogP contribution in [0.1, 0.15) is 30.0 Å². The standard InChI is InChI=1S/C27H26N2O4/c1-32-23-15-13-22(14-16-23)29-24(21-11-6-3-7-12-21)27(25(29)30)17-8-18-28(27)26(31)33-19-20-9-4-2-5-10-20/h2-7,9-16,24H,8,17-19H2,1H3/t24-,27+/m0/s1. The summed E-state index contributed by atoms with van der Waals surface area (Å²) < 4.78 is 10.9. The van der Waals surface area contributed by atoms with Gasteiger partial charge in [0.05, 0.1) is 13.2 Å². The van der Waals surface area contributed by atoms with Gasteiger partial charge in [0.1, 0.15) is 12.4 Å². The highest BCUT2D eigenvalue weighted by Gasteiger charge is 2.67. The molecule has 3 aromatic rings. The molecular weight excluding hydrogens is 416 g/mol. The number of carbonyl (C=O) groups excluding carboxylic acids is 2. The highest BCUT2D eigenvalue weighted by atomic mass is 16.6. The first-order chi connectivity index (χ1) is 16.1. The van der Waals surface area contributed by atoms with Crippen molar-refractivity contribution < 1.29 is 19.1 Å². The van der Waals surface area contributed by atoms with E-state index in [0.717, 1.165) is 29.0 Å². The van der Waals surface area contributed by atoms with E-state index in [1.165, 1.54) is 0 Å². The number of anilines is 1. The molecule has 5 rings (SSSR count). The molecule has 0 unspecified atom stereocenters. The number of ether oxygens (including phenoxy) is 2. The van der Waals surface area contributed by atoms with Crippen LogP contribution in [0.15, 0.2) is 84.9 Å². The maximum absolute atomic E-state index is 13.8. The van der Waals surface area contributed by atoms with Crippen molar-refractivity contribution in [2.24, 2.45) is 0 Å². The van der Waals surface area contributed by atoms with Crippen molar-refractivity contribution in [2.75, 3.05) is 18.6 Å². The molecule has 0 N–H and O–H groups in total. The van der Waals surface area contributed by atoms with Crippen LogP contribution in [0.3, 0.4) is 0 Å². The zero-order chi connectivity index (χ0) is 22.8. The number of carbonyl (C=O) groups is 2. The van der Waals surface area contributed by atoms with Crippen molar-refractivity contribution in [3.8, 4) is 5.75 Å². The predicted octanol–water partition coefficient (Wildman–Crippen LogP) is 4.95. The van der Waals surface area contributed by atoms with Crippen LogP contribution in [-0.4, -0.2) is 36.1 Å². The summed E-state index contributed by atoms with van der Waals surface area (Å²) in [6.07, 6.45) is 0.921. The molecule has 0 radical (unpaired) electrons. The first-order valence-corrected chi connectivity index (χ1v) is 11.2. The van der Waals surface area contributed by atoms with E-state index in [1.54, 1.807) is 16.9 Å². The largest absolute Gasteiger partial charge is 0.497 e. The molecule has 2 atom stereocenters. The van der Waals surface area contributed by atoms with Gasteiger partial charge >= 0.3 is 6.09 Å². The molecule has 0 aliphatic carbocycles. The minimum Gasteiger partial charge on any atom is -0.497 e. The molecule has 3 aromatic carbocycles. The highest BCUT2D eigenvalue weighted by Crippen LogP contribution is 2.54. The fourth-order valence-corrected chi connectivity index (χ4v) is 5.06. The Hall–Kier alpha value is -3.80. The lowest BCUT2D eigenvalue weighted by molar-refractivity contribution is -0.140. The molecule has 6 nitrogen and oxygen atoms in total. The van der Waals surface area contributed by atoms with Gasteiger partial charge in [-0.2, -0.15) is 0 Å². The van der Waals surface area contributed by atoms with Crippen LogP contribution in [-0.2, 0) is 16.1 Å². The van der Waals surface area contributed by atoms with Crippen molar-refractivity contribution in [1.29, 1.82) is 0 Å². The zero-order valence-electron chi connectivity index (χ0n) is 18.5. The Morgan fingerprint density at radius 1 is 0.970 bits per heavy atom. The minimum absolute atomic E-state index is 0.0734. The third-order valence-corrected chi connectivity index (χ3v) is 6.61. The van der Waals surface area contributed by atoms with E-state index < -0.39 is 11.6 Å². The fraction of sp³-hybridized carbons (Fsp3) is 0.259. The maximum Gasteiger partial charge on any atom is 0.411 e. The number of nitrogens with zero attached hydrogens (tertiary/aromatic N) is 2. The highest BCUT2D eigenvalue weighted by molar-refractivity contribution is 6.11. The molecule has 2 amide bonds. The normalized spacial score (nSPS) is 21.7. The number of amides is 2. The molecule has 0 bridgehead atoms. The van der Waals surface area contributed by atoms with Gasteiger partial charge < -0.3 is 9.47 Å². The lowest BCUT2D eigenvalue weighted by Crippen LogP contribution is -2.74. The molecule has 2 aliphatic rings. The summed E-state index contributed by atoms with van der Waals surface area (Å²) >= 11 is 0. The molecule has 2 heterocycles. The number of methoxy groups -OCH3 is 1. The number of rotatable bonds is 5. The Morgan fingerprint density at radius 3 is 2.30 bits per heavy atom. The summed E-state index contributed by atoms with van der Waals surface area (Å²) in [5, 5.41) is 0. The maximum atomic E-state index is 13.8. The van der Waals surface area contributed by atoms with Crippen LogP contribution in [0.5, 0.6) is 5.75 Å². The van der Waals surface area contributed by atoms with Gasteiger partial charge in [0.2, 0.25) is 0 Å². The van der Waals surface area contributed by atoms with Crippen LogP contribution >= 0.6 is 0 Å². The number of β-lactam (4-membered cyclic amide) rings is 1. The fourth-order valence-electron chi connectivity index (χ4n) is 5.06.